The van der Waals surface area contributed by atoms with Gasteiger partial charge in [0.15, 0.2) is 0 Å². The Labute approximate surface area is 117 Å². The second-order valence-electron chi connectivity index (χ2n) is 4.86. The van der Waals surface area contributed by atoms with E-state index in [-0.39, 0.29) is 12.5 Å². The van der Waals surface area contributed by atoms with E-state index in [2.05, 4.69) is 10.6 Å². The summed E-state index contributed by atoms with van der Waals surface area (Å²) in [6, 6.07) is 9.10. The lowest BCUT2D eigenvalue weighted by atomic mass is 9.85. The molecule has 1 unspecified atom stereocenters. The summed E-state index contributed by atoms with van der Waals surface area (Å²) in [7, 11) is 0. The fourth-order valence-electron chi connectivity index (χ4n) is 2.40. The molecule has 0 spiro atoms. The van der Waals surface area contributed by atoms with Crippen molar-refractivity contribution in [2.45, 2.75) is 19.3 Å². The van der Waals surface area contributed by atoms with Gasteiger partial charge in [-0.15, -0.1) is 0 Å². The lowest BCUT2D eigenvalue weighted by molar-refractivity contribution is -0.140. The summed E-state index contributed by atoms with van der Waals surface area (Å²) in [5, 5.41) is 5.24. The Morgan fingerprint density at radius 3 is 2.65 bits per heavy atom. The van der Waals surface area contributed by atoms with Gasteiger partial charge < -0.3 is 10.6 Å². The van der Waals surface area contributed by atoms with Crippen molar-refractivity contribution in [3.8, 4) is 0 Å². The molecule has 2 N–H and O–H groups in total. The van der Waals surface area contributed by atoms with Crippen molar-refractivity contribution in [3.05, 3.63) is 35.9 Å². The van der Waals surface area contributed by atoms with E-state index in [0.29, 0.717) is 6.54 Å². The van der Waals surface area contributed by atoms with Crippen molar-refractivity contribution in [1.29, 1.82) is 0 Å². The monoisotopic (exact) mass is 274 g/mol. The summed E-state index contributed by atoms with van der Waals surface area (Å²) >= 11 is 0. The molecule has 1 aromatic rings. The van der Waals surface area contributed by atoms with E-state index < -0.39 is 23.5 Å². The first-order valence-corrected chi connectivity index (χ1v) is 6.79. The molecule has 106 valence electrons. The van der Waals surface area contributed by atoms with E-state index in [9.17, 15) is 14.4 Å². The Bertz CT molecular complexity index is 513. The maximum absolute atomic E-state index is 12.2. The molecule has 2 rings (SSSR count). The summed E-state index contributed by atoms with van der Waals surface area (Å²) in [5.41, 5.74) is 0.768. The molecule has 0 radical (unpaired) electrons. The van der Waals surface area contributed by atoms with Crippen LogP contribution in [-0.2, 0) is 14.4 Å². The third-order valence-electron chi connectivity index (χ3n) is 3.44. The number of carbonyl (C=O) groups is 3. The molecule has 1 heterocycles. The third-order valence-corrected chi connectivity index (χ3v) is 3.44. The van der Waals surface area contributed by atoms with E-state index in [1.54, 1.807) is 12.1 Å². The second kappa shape index (κ2) is 6.32. The minimum Gasteiger partial charge on any atom is -0.355 e. The summed E-state index contributed by atoms with van der Waals surface area (Å²) < 4.78 is 0. The fourth-order valence-corrected chi connectivity index (χ4v) is 2.40. The van der Waals surface area contributed by atoms with Crippen molar-refractivity contribution in [2.24, 2.45) is 5.92 Å². The van der Waals surface area contributed by atoms with Crippen molar-refractivity contribution >= 4 is 17.6 Å². The minimum absolute atomic E-state index is 0.196. The van der Waals surface area contributed by atoms with E-state index in [0.717, 1.165) is 12.0 Å². The molecule has 5 nitrogen and oxygen atoms in total. The highest BCUT2D eigenvalue weighted by Crippen LogP contribution is 2.29. The number of amides is 2. The first kappa shape index (κ1) is 14.2. The molecule has 1 aromatic carbocycles. The number of carbonyl (C=O) groups excluding carboxylic acids is 3. The Morgan fingerprint density at radius 2 is 2.00 bits per heavy atom. The SMILES string of the molecule is CCCNC(=O)C(=O)C1CNC(=O)[C@@H]1c1ccccc1. The maximum Gasteiger partial charge on any atom is 0.287 e. The molecular formula is C15H18N2O3. The molecule has 1 aliphatic heterocycles. The predicted octanol–water partition coefficient (Wildman–Crippen LogP) is 0.612. The number of Topliss-reactive ketones (excluding diaryl/α,β-unsaturated/α-hetero) is 1. The Kier molecular flexibility index (Phi) is 4.50. The highest BCUT2D eigenvalue weighted by atomic mass is 16.2. The molecular weight excluding hydrogens is 256 g/mol. The quantitative estimate of drug-likeness (QED) is 0.773. The molecule has 0 aliphatic carbocycles. The molecule has 0 bridgehead atoms. The topological polar surface area (TPSA) is 75.3 Å². The highest BCUT2D eigenvalue weighted by Gasteiger charge is 2.42. The van der Waals surface area contributed by atoms with E-state index in [1.165, 1.54) is 0 Å². The van der Waals surface area contributed by atoms with Crippen LogP contribution in [-0.4, -0.2) is 30.7 Å². The second-order valence-corrected chi connectivity index (χ2v) is 4.86. The predicted molar refractivity (Wildman–Crippen MR) is 74.0 cm³/mol. The van der Waals surface area contributed by atoms with Gasteiger partial charge in [0.05, 0.1) is 11.8 Å². The number of benzene rings is 1. The van der Waals surface area contributed by atoms with Crippen molar-refractivity contribution in [1.82, 2.24) is 10.6 Å². The van der Waals surface area contributed by atoms with Crippen LogP contribution in [0.2, 0.25) is 0 Å². The smallest absolute Gasteiger partial charge is 0.287 e. The lowest BCUT2D eigenvalue weighted by Gasteiger charge is -2.15. The fraction of sp³-hybridized carbons (Fsp3) is 0.400. The standard InChI is InChI=1S/C15H18N2O3/c1-2-8-16-15(20)13(18)11-9-17-14(19)12(11)10-6-4-3-5-7-10/h3-7,11-12H,2,8-9H2,1H3,(H,16,20)(H,17,19)/t11?,12-/m1/s1. The lowest BCUT2D eigenvalue weighted by Crippen LogP contribution is -2.38. The van der Waals surface area contributed by atoms with E-state index in [1.807, 2.05) is 25.1 Å². The van der Waals surface area contributed by atoms with Gasteiger partial charge in [-0.1, -0.05) is 37.3 Å². The van der Waals surface area contributed by atoms with Crippen molar-refractivity contribution < 1.29 is 14.4 Å². The van der Waals surface area contributed by atoms with Crippen molar-refractivity contribution in [3.63, 3.8) is 0 Å². The van der Waals surface area contributed by atoms with E-state index >= 15 is 0 Å². The molecule has 1 aliphatic rings. The van der Waals surface area contributed by atoms with Gasteiger partial charge in [-0.3, -0.25) is 14.4 Å². The van der Waals surface area contributed by atoms with Crippen LogP contribution in [0.15, 0.2) is 30.3 Å². The Hall–Kier alpha value is -2.17. The van der Waals surface area contributed by atoms with Gasteiger partial charge in [0, 0.05) is 13.1 Å². The zero-order valence-electron chi connectivity index (χ0n) is 11.4. The van der Waals surface area contributed by atoms with Gasteiger partial charge >= 0.3 is 0 Å². The Balaban J connectivity index is 2.16. The van der Waals surface area contributed by atoms with Crippen LogP contribution in [0.5, 0.6) is 0 Å². The largest absolute Gasteiger partial charge is 0.355 e. The number of nitrogens with one attached hydrogen (secondary N) is 2. The average molecular weight is 274 g/mol. The molecule has 1 saturated heterocycles. The zero-order valence-corrected chi connectivity index (χ0v) is 11.4. The molecule has 5 heteroatoms. The van der Waals surface area contributed by atoms with E-state index in [4.69, 9.17) is 0 Å². The van der Waals surface area contributed by atoms with Gasteiger partial charge in [0.25, 0.3) is 5.91 Å². The summed E-state index contributed by atoms with van der Waals surface area (Å²) in [4.78, 5) is 35.9. The van der Waals surface area contributed by atoms with Crippen LogP contribution in [0, 0.1) is 5.92 Å². The molecule has 0 aromatic heterocycles. The summed E-state index contributed by atoms with van der Waals surface area (Å²) in [5.74, 6) is -2.52. The van der Waals surface area contributed by atoms with Crippen LogP contribution in [0.3, 0.4) is 0 Å². The summed E-state index contributed by atoms with van der Waals surface area (Å²) in [6.45, 7) is 2.60. The van der Waals surface area contributed by atoms with Gasteiger partial charge in [-0.05, 0) is 12.0 Å². The maximum atomic E-state index is 12.2. The Morgan fingerprint density at radius 1 is 1.30 bits per heavy atom. The van der Waals surface area contributed by atoms with Crippen LogP contribution >= 0.6 is 0 Å². The van der Waals surface area contributed by atoms with Crippen LogP contribution in [0.25, 0.3) is 0 Å². The van der Waals surface area contributed by atoms with Gasteiger partial charge in [-0.25, -0.2) is 0 Å². The van der Waals surface area contributed by atoms with Gasteiger partial charge in [0.1, 0.15) is 0 Å². The molecule has 2 amide bonds. The number of rotatable bonds is 5. The third kappa shape index (κ3) is 2.87. The number of hydrogen-bond acceptors (Lipinski definition) is 3. The van der Waals surface area contributed by atoms with Gasteiger partial charge in [0.2, 0.25) is 11.7 Å². The van der Waals surface area contributed by atoms with Crippen molar-refractivity contribution in [2.75, 3.05) is 13.1 Å². The first-order valence-electron chi connectivity index (χ1n) is 6.79. The van der Waals surface area contributed by atoms with Gasteiger partial charge in [-0.2, -0.15) is 0 Å². The summed E-state index contributed by atoms with van der Waals surface area (Å²) in [6.07, 6.45) is 0.767. The van der Waals surface area contributed by atoms with Crippen LogP contribution in [0.4, 0.5) is 0 Å². The molecule has 2 atom stereocenters. The first-order chi connectivity index (χ1) is 9.65. The van der Waals surface area contributed by atoms with Crippen LogP contribution in [0.1, 0.15) is 24.8 Å². The molecule has 1 fully saturated rings. The normalized spacial score (nSPS) is 21.4. The highest BCUT2D eigenvalue weighted by molar-refractivity contribution is 6.37. The average Bonchev–Trinajstić information content (AvgIpc) is 2.86. The number of ketones is 1. The number of hydrogen-bond donors (Lipinski definition) is 2. The van der Waals surface area contributed by atoms with Crippen LogP contribution < -0.4 is 10.6 Å². The molecule has 20 heavy (non-hydrogen) atoms. The zero-order chi connectivity index (χ0) is 14.5. The molecule has 0 saturated carbocycles. The minimum atomic E-state index is -0.623.